The van der Waals surface area contributed by atoms with Gasteiger partial charge < -0.3 is 26.2 Å². The van der Waals surface area contributed by atoms with Crippen molar-refractivity contribution in [1.82, 2.24) is 5.32 Å². The zero-order valence-electron chi connectivity index (χ0n) is 27.6. The van der Waals surface area contributed by atoms with Crippen molar-refractivity contribution in [2.45, 2.75) is 173 Å². The molecule has 0 aliphatic carbocycles. The maximum Gasteiger partial charge on any atom is 0.472 e. The molecule has 0 spiro atoms. The number of carbonyl (C=O) groups is 1. The Bertz CT molecular complexity index is 711. The number of amides is 1. The molecule has 0 heterocycles. The van der Waals surface area contributed by atoms with E-state index in [1.807, 2.05) is 6.08 Å². The summed E-state index contributed by atoms with van der Waals surface area (Å²) in [5.74, 6) is -0.449. The second-order valence-corrected chi connectivity index (χ2v) is 13.4. The van der Waals surface area contributed by atoms with Crippen LogP contribution in [0.15, 0.2) is 12.2 Å². The zero-order valence-corrected chi connectivity index (χ0v) is 28.5. The van der Waals surface area contributed by atoms with Gasteiger partial charge in [0.05, 0.1) is 37.9 Å². The molecule has 0 rings (SSSR count). The van der Waals surface area contributed by atoms with E-state index >= 15 is 0 Å². The number of nitrogens with one attached hydrogen (secondary N) is 1. The van der Waals surface area contributed by atoms with Crippen molar-refractivity contribution in [3.8, 4) is 0 Å². The van der Waals surface area contributed by atoms with Gasteiger partial charge in [0, 0.05) is 6.54 Å². The standard InChI is InChI=1S/C33H67N2O7P/c1-3-5-7-9-11-13-15-17-19-21-23-25-32(37)31(29-42-43(39,40)41-27-26-34)35-33(38)28-30(36)24-22-20-18-16-14-12-10-8-6-4-2/h23,25,30-32,36-37H,3-22,24,26-29,34H2,1-2H3,(H,35,38)(H,39,40)/b25-23+. The first-order chi connectivity index (χ1) is 20.8. The maximum absolute atomic E-state index is 12.7. The lowest BCUT2D eigenvalue weighted by Gasteiger charge is -2.24. The summed E-state index contributed by atoms with van der Waals surface area (Å²) in [4.78, 5) is 22.5. The van der Waals surface area contributed by atoms with E-state index in [4.69, 9.17) is 14.8 Å². The van der Waals surface area contributed by atoms with Gasteiger partial charge in [0.15, 0.2) is 0 Å². The number of phosphoric acid groups is 1. The third-order valence-corrected chi connectivity index (χ3v) is 8.65. The minimum Gasteiger partial charge on any atom is -0.393 e. The fraction of sp³-hybridized carbons (Fsp3) is 0.909. The topological polar surface area (TPSA) is 151 Å². The second-order valence-electron chi connectivity index (χ2n) is 11.9. The van der Waals surface area contributed by atoms with Gasteiger partial charge in [-0.15, -0.1) is 0 Å². The van der Waals surface area contributed by atoms with Crippen LogP contribution in [0.4, 0.5) is 0 Å². The van der Waals surface area contributed by atoms with Crippen LogP contribution in [-0.2, 0) is 18.4 Å². The molecule has 1 amide bonds. The number of hydrogen-bond acceptors (Lipinski definition) is 7. The monoisotopic (exact) mass is 634 g/mol. The Morgan fingerprint density at radius 1 is 0.791 bits per heavy atom. The van der Waals surface area contributed by atoms with Gasteiger partial charge in [0.2, 0.25) is 5.91 Å². The summed E-state index contributed by atoms with van der Waals surface area (Å²) in [6.45, 7) is 3.92. The Kier molecular flexibility index (Phi) is 29.3. The molecule has 0 aromatic carbocycles. The second kappa shape index (κ2) is 29.9. The van der Waals surface area contributed by atoms with Crippen LogP contribution in [-0.4, -0.2) is 59.0 Å². The summed E-state index contributed by atoms with van der Waals surface area (Å²) in [5, 5.41) is 23.8. The molecule has 0 aliphatic rings. The molecule has 0 saturated carbocycles. The van der Waals surface area contributed by atoms with Crippen molar-refractivity contribution in [1.29, 1.82) is 0 Å². The first-order valence-corrected chi connectivity index (χ1v) is 18.9. The maximum atomic E-state index is 12.7. The number of unbranched alkanes of at least 4 members (excludes halogenated alkanes) is 18. The summed E-state index contributed by atoms with van der Waals surface area (Å²) < 4.78 is 21.9. The highest BCUT2D eigenvalue weighted by molar-refractivity contribution is 7.47. The molecule has 4 atom stereocenters. The van der Waals surface area contributed by atoms with Crippen LogP contribution >= 0.6 is 7.82 Å². The van der Waals surface area contributed by atoms with E-state index in [1.165, 1.54) is 89.9 Å². The van der Waals surface area contributed by atoms with Crippen molar-refractivity contribution < 1.29 is 33.5 Å². The van der Waals surface area contributed by atoms with Crippen molar-refractivity contribution in [2.24, 2.45) is 5.73 Å². The molecule has 0 bridgehead atoms. The molecule has 10 heteroatoms. The molecule has 9 nitrogen and oxygen atoms in total. The molecule has 6 N–H and O–H groups in total. The van der Waals surface area contributed by atoms with E-state index in [0.29, 0.717) is 6.42 Å². The van der Waals surface area contributed by atoms with Crippen LogP contribution < -0.4 is 11.1 Å². The predicted molar refractivity (Wildman–Crippen MR) is 177 cm³/mol. The van der Waals surface area contributed by atoms with Gasteiger partial charge >= 0.3 is 7.82 Å². The molecule has 0 aliphatic heterocycles. The highest BCUT2D eigenvalue weighted by atomic mass is 31.2. The first-order valence-electron chi connectivity index (χ1n) is 17.4. The number of hydrogen-bond donors (Lipinski definition) is 5. The number of phosphoric ester groups is 1. The SMILES string of the molecule is CCCCCCCCCCC/C=C/C(O)C(COP(=O)(O)OCCN)NC(=O)CC(O)CCCCCCCCCCCC. The Balaban J connectivity index is 4.52. The van der Waals surface area contributed by atoms with E-state index in [9.17, 15) is 24.5 Å². The van der Waals surface area contributed by atoms with Crippen molar-refractivity contribution >= 4 is 13.7 Å². The van der Waals surface area contributed by atoms with Gasteiger partial charge in [-0.05, 0) is 19.3 Å². The van der Waals surface area contributed by atoms with Gasteiger partial charge in [0.25, 0.3) is 0 Å². The fourth-order valence-electron chi connectivity index (χ4n) is 5.00. The summed E-state index contributed by atoms with van der Waals surface area (Å²) in [7, 11) is -4.38. The minimum absolute atomic E-state index is 0.0508. The summed E-state index contributed by atoms with van der Waals surface area (Å²) in [6.07, 6.45) is 25.8. The predicted octanol–water partition coefficient (Wildman–Crippen LogP) is 7.46. The highest BCUT2D eigenvalue weighted by Crippen LogP contribution is 2.43. The third kappa shape index (κ3) is 28.4. The smallest absolute Gasteiger partial charge is 0.393 e. The molecular formula is C33H67N2O7P. The molecular weight excluding hydrogens is 567 g/mol. The van der Waals surface area contributed by atoms with Crippen LogP contribution in [0.3, 0.4) is 0 Å². The van der Waals surface area contributed by atoms with Gasteiger partial charge in [-0.2, -0.15) is 0 Å². The Hall–Kier alpha value is -0.800. The first kappa shape index (κ1) is 42.2. The van der Waals surface area contributed by atoms with Crippen LogP contribution in [0.1, 0.15) is 155 Å². The van der Waals surface area contributed by atoms with Crippen molar-refractivity contribution in [3.05, 3.63) is 12.2 Å². The van der Waals surface area contributed by atoms with Gasteiger partial charge in [0.1, 0.15) is 0 Å². The van der Waals surface area contributed by atoms with Crippen LogP contribution in [0, 0.1) is 0 Å². The lowest BCUT2D eigenvalue weighted by Crippen LogP contribution is -2.46. The molecule has 0 radical (unpaired) electrons. The quantitative estimate of drug-likeness (QED) is 0.0290. The zero-order chi connectivity index (χ0) is 32.0. The summed E-state index contributed by atoms with van der Waals surface area (Å²) in [5.41, 5.74) is 5.33. The number of carbonyl (C=O) groups excluding carboxylic acids is 1. The third-order valence-electron chi connectivity index (χ3n) is 7.67. The van der Waals surface area contributed by atoms with E-state index in [2.05, 4.69) is 19.2 Å². The fourth-order valence-corrected chi connectivity index (χ4v) is 5.76. The molecule has 43 heavy (non-hydrogen) atoms. The Labute approximate surface area is 263 Å². The van der Waals surface area contributed by atoms with Crippen LogP contribution in [0.5, 0.6) is 0 Å². The molecule has 0 saturated heterocycles. The largest absolute Gasteiger partial charge is 0.472 e. The average Bonchev–Trinajstić information content (AvgIpc) is 2.97. The lowest BCUT2D eigenvalue weighted by atomic mass is 10.0. The van der Waals surface area contributed by atoms with Crippen molar-refractivity contribution in [3.63, 3.8) is 0 Å². The summed E-state index contributed by atoms with van der Waals surface area (Å²) in [6, 6.07) is -0.974. The number of aliphatic hydroxyl groups is 2. The van der Waals surface area contributed by atoms with Gasteiger partial charge in [-0.1, -0.05) is 142 Å². The van der Waals surface area contributed by atoms with E-state index in [1.54, 1.807) is 6.08 Å². The van der Waals surface area contributed by atoms with E-state index < -0.39 is 38.6 Å². The van der Waals surface area contributed by atoms with Crippen LogP contribution in [0.2, 0.25) is 0 Å². The Morgan fingerprint density at radius 2 is 1.28 bits per heavy atom. The van der Waals surface area contributed by atoms with Gasteiger partial charge in [-0.3, -0.25) is 13.8 Å². The number of nitrogens with two attached hydrogens (primary N) is 1. The van der Waals surface area contributed by atoms with Crippen molar-refractivity contribution in [2.75, 3.05) is 19.8 Å². The van der Waals surface area contributed by atoms with Gasteiger partial charge in [-0.25, -0.2) is 4.57 Å². The van der Waals surface area contributed by atoms with E-state index in [-0.39, 0.29) is 19.6 Å². The number of aliphatic hydroxyl groups excluding tert-OH is 2. The molecule has 0 aromatic heterocycles. The summed E-state index contributed by atoms with van der Waals surface area (Å²) >= 11 is 0. The molecule has 0 aromatic rings. The van der Waals surface area contributed by atoms with Crippen LogP contribution in [0.25, 0.3) is 0 Å². The number of allylic oxidation sites excluding steroid dienone is 1. The van der Waals surface area contributed by atoms with E-state index in [0.717, 1.165) is 38.5 Å². The molecule has 0 fully saturated rings. The highest BCUT2D eigenvalue weighted by Gasteiger charge is 2.27. The molecule has 256 valence electrons. The lowest BCUT2D eigenvalue weighted by molar-refractivity contribution is -0.124. The minimum atomic E-state index is -4.38. The Morgan fingerprint density at radius 3 is 1.79 bits per heavy atom. The average molecular weight is 635 g/mol. The molecule has 4 unspecified atom stereocenters. The number of rotatable bonds is 32. The normalized spacial score (nSPS) is 15.4.